The van der Waals surface area contributed by atoms with Crippen LogP contribution in [0.1, 0.15) is 58.3 Å². The molecule has 0 aliphatic carbocycles. The second kappa shape index (κ2) is 13.2. The molecule has 0 fully saturated rings. The highest BCUT2D eigenvalue weighted by Gasteiger charge is 1.82. The average Bonchev–Trinajstić information content (AvgIpc) is 2.26. The molecule has 0 saturated heterocycles. The molecule has 0 nitrogen and oxygen atoms in total. The fourth-order valence-corrected chi connectivity index (χ4v) is 1.36. The smallest absolute Gasteiger partial charge is 0.0316 e. The van der Waals surface area contributed by atoms with Crippen LogP contribution in [0.25, 0.3) is 0 Å². The molecule has 0 saturated carbocycles. The lowest BCUT2D eigenvalue weighted by atomic mass is 10.2. The van der Waals surface area contributed by atoms with Gasteiger partial charge < -0.3 is 0 Å². The summed E-state index contributed by atoms with van der Waals surface area (Å²) in [5.41, 5.74) is 0. The molecule has 0 radical (unpaired) electrons. The minimum atomic E-state index is 1.10. The van der Waals surface area contributed by atoms with Gasteiger partial charge >= 0.3 is 0 Å². The summed E-state index contributed by atoms with van der Waals surface area (Å²) in [6.45, 7) is 5.94. The van der Waals surface area contributed by atoms with Crippen molar-refractivity contribution in [1.82, 2.24) is 0 Å². The summed E-state index contributed by atoms with van der Waals surface area (Å²) in [5.74, 6) is 0. The number of rotatable bonds is 10. The molecule has 0 aromatic rings. The van der Waals surface area contributed by atoms with Gasteiger partial charge in [0.05, 0.1) is 0 Å². The molecule has 0 aliphatic heterocycles. The normalized spacial score (nSPS) is 11.5. The molecular formula is C15H26. The highest BCUT2D eigenvalue weighted by atomic mass is 13.9. The van der Waals surface area contributed by atoms with E-state index in [1.807, 2.05) is 6.08 Å². The molecule has 0 bridgehead atoms. The Morgan fingerprint density at radius 2 is 1.27 bits per heavy atom. The van der Waals surface area contributed by atoms with Gasteiger partial charge in [-0.1, -0.05) is 50.1 Å². The maximum Gasteiger partial charge on any atom is -0.0316 e. The number of hydrogen-bond acceptors (Lipinski definition) is 0. The van der Waals surface area contributed by atoms with Crippen LogP contribution in [-0.4, -0.2) is 0 Å². The van der Waals surface area contributed by atoms with Crippen LogP contribution >= 0.6 is 0 Å². The monoisotopic (exact) mass is 206 g/mol. The van der Waals surface area contributed by atoms with Crippen LogP contribution in [0.2, 0.25) is 0 Å². The summed E-state index contributed by atoms with van der Waals surface area (Å²) >= 11 is 0. The molecule has 0 unspecified atom stereocenters. The Morgan fingerprint density at radius 1 is 0.733 bits per heavy atom. The third-order valence-corrected chi connectivity index (χ3v) is 2.34. The van der Waals surface area contributed by atoms with E-state index in [1.54, 1.807) is 0 Å². The van der Waals surface area contributed by atoms with E-state index in [0.29, 0.717) is 0 Å². The van der Waals surface area contributed by atoms with E-state index in [2.05, 4.69) is 37.8 Å². The molecule has 0 rings (SSSR count). The minimum Gasteiger partial charge on any atom is -0.103 e. The van der Waals surface area contributed by atoms with Crippen LogP contribution in [0, 0.1) is 0 Å². The maximum absolute atomic E-state index is 3.70. The quantitative estimate of drug-likeness (QED) is 0.330. The van der Waals surface area contributed by atoms with Crippen molar-refractivity contribution in [2.24, 2.45) is 0 Å². The molecule has 86 valence electrons. The summed E-state index contributed by atoms with van der Waals surface area (Å²) in [7, 11) is 0. The molecule has 0 heteroatoms. The minimum absolute atomic E-state index is 1.10. The maximum atomic E-state index is 3.70. The second-order valence-corrected chi connectivity index (χ2v) is 3.88. The van der Waals surface area contributed by atoms with Crippen LogP contribution in [0.4, 0.5) is 0 Å². The first kappa shape index (κ1) is 14.2. The summed E-state index contributed by atoms with van der Waals surface area (Å²) in [4.78, 5) is 0. The lowest BCUT2D eigenvalue weighted by Crippen LogP contribution is -1.71. The van der Waals surface area contributed by atoms with E-state index in [9.17, 15) is 0 Å². The van der Waals surface area contributed by atoms with Crippen molar-refractivity contribution in [1.29, 1.82) is 0 Å². The van der Waals surface area contributed by atoms with Gasteiger partial charge in [0.15, 0.2) is 0 Å². The van der Waals surface area contributed by atoms with E-state index < -0.39 is 0 Å². The second-order valence-electron chi connectivity index (χ2n) is 3.88. The topological polar surface area (TPSA) is 0 Å². The number of hydrogen-bond donors (Lipinski definition) is 0. The standard InChI is InChI=1S/C15H26/c1-3-5-7-9-11-13-15-14-12-10-8-6-4-2/h3,9-12H,1,4-8,13-15H2,2H3. The van der Waals surface area contributed by atoms with Crippen molar-refractivity contribution in [2.45, 2.75) is 58.3 Å². The Labute approximate surface area is 95.8 Å². The highest BCUT2D eigenvalue weighted by molar-refractivity contribution is 4.86. The third kappa shape index (κ3) is 13.2. The van der Waals surface area contributed by atoms with E-state index in [4.69, 9.17) is 0 Å². The fourth-order valence-electron chi connectivity index (χ4n) is 1.36. The first-order chi connectivity index (χ1) is 7.41. The molecule has 0 amide bonds. The molecule has 15 heavy (non-hydrogen) atoms. The molecule has 0 atom stereocenters. The lowest BCUT2D eigenvalue weighted by molar-refractivity contribution is 0.805. The van der Waals surface area contributed by atoms with Crippen LogP contribution in [0.3, 0.4) is 0 Å². The van der Waals surface area contributed by atoms with Gasteiger partial charge in [-0.25, -0.2) is 0 Å². The largest absolute Gasteiger partial charge is 0.103 e. The van der Waals surface area contributed by atoms with Crippen LogP contribution in [0.15, 0.2) is 37.0 Å². The van der Waals surface area contributed by atoms with E-state index in [1.165, 1.54) is 38.5 Å². The van der Waals surface area contributed by atoms with Gasteiger partial charge in [0.1, 0.15) is 0 Å². The third-order valence-electron chi connectivity index (χ3n) is 2.34. The van der Waals surface area contributed by atoms with Crippen molar-refractivity contribution in [3.05, 3.63) is 37.0 Å². The van der Waals surface area contributed by atoms with Gasteiger partial charge in [0.25, 0.3) is 0 Å². The van der Waals surface area contributed by atoms with Crippen molar-refractivity contribution < 1.29 is 0 Å². The Hall–Kier alpha value is -0.780. The van der Waals surface area contributed by atoms with Gasteiger partial charge in [0, 0.05) is 0 Å². The van der Waals surface area contributed by atoms with Crippen LogP contribution in [0.5, 0.6) is 0 Å². The summed E-state index contributed by atoms with van der Waals surface area (Å²) in [6, 6.07) is 0. The molecule has 0 aliphatic rings. The predicted octanol–water partition coefficient (Wildman–Crippen LogP) is 5.43. The van der Waals surface area contributed by atoms with E-state index in [0.717, 1.165) is 12.8 Å². The number of unbranched alkanes of at least 4 members (excludes halogenated alkanes) is 5. The van der Waals surface area contributed by atoms with Gasteiger partial charge in [-0.3, -0.25) is 0 Å². The summed E-state index contributed by atoms with van der Waals surface area (Å²) in [6.07, 6.45) is 21.1. The van der Waals surface area contributed by atoms with Gasteiger partial charge in [-0.2, -0.15) is 0 Å². The van der Waals surface area contributed by atoms with E-state index in [-0.39, 0.29) is 0 Å². The van der Waals surface area contributed by atoms with E-state index >= 15 is 0 Å². The van der Waals surface area contributed by atoms with Crippen molar-refractivity contribution in [3.8, 4) is 0 Å². The molecular weight excluding hydrogens is 180 g/mol. The van der Waals surface area contributed by atoms with Crippen molar-refractivity contribution in [2.75, 3.05) is 0 Å². The predicted molar refractivity (Wildman–Crippen MR) is 71.1 cm³/mol. The fraction of sp³-hybridized carbons (Fsp3) is 0.600. The van der Waals surface area contributed by atoms with Crippen LogP contribution < -0.4 is 0 Å². The Balaban J connectivity index is 3.13. The highest BCUT2D eigenvalue weighted by Crippen LogP contribution is 2.02. The molecule has 0 spiro atoms. The van der Waals surface area contributed by atoms with Crippen molar-refractivity contribution in [3.63, 3.8) is 0 Å². The first-order valence-corrected chi connectivity index (χ1v) is 6.32. The summed E-state index contributed by atoms with van der Waals surface area (Å²) in [5, 5.41) is 0. The summed E-state index contributed by atoms with van der Waals surface area (Å²) < 4.78 is 0. The first-order valence-electron chi connectivity index (χ1n) is 6.32. The van der Waals surface area contributed by atoms with Crippen LogP contribution in [-0.2, 0) is 0 Å². The molecule has 0 aromatic heterocycles. The number of allylic oxidation sites excluding steroid dienone is 5. The van der Waals surface area contributed by atoms with Gasteiger partial charge in [0.2, 0.25) is 0 Å². The average molecular weight is 206 g/mol. The SMILES string of the molecule is C=CCCC=CCCCC=CCCCC. The Morgan fingerprint density at radius 3 is 1.80 bits per heavy atom. The molecule has 0 aromatic carbocycles. The van der Waals surface area contributed by atoms with Crippen molar-refractivity contribution >= 4 is 0 Å². The zero-order valence-corrected chi connectivity index (χ0v) is 10.3. The molecule has 0 N–H and O–H groups in total. The Bertz CT molecular complexity index is 174. The Kier molecular flexibility index (Phi) is 12.5. The zero-order valence-electron chi connectivity index (χ0n) is 10.3. The lowest BCUT2D eigenvalue weighted by Gasteiger charge is -1.91. The van der Waals surface area contributed by atoms with Gasteiger partial charge in [-0.05, 0) is 38.5 Å². The van der Waals surface area contributed by atoms with Gasteiger partial charge in [-0.15, -0.1) is 6.58 Å². The zero-order chi connectivity index (χ0) is 11.2. The molecule has 0 heterocycles.